The molecular weight excluding hydrogens is 515 g/mol. The van der Waals surface area contributed by atoms with Gasteiger partial charge in [0.2, 0.25) is 0 Å². The molecular formula is C32H28Cl2N2O2. The molecule has 4 aromatic rings. The second-order valence-corrected chi connectivity index (χ2v) is 9.94. The van der Waals surface area contributed by atoms with Crippen LogP contribution in [0.4, 0.5) is 11.4 Å². The summed E-state index contributed by atoms with van der Waals surface area (Å²) < 4.78 is 5.66. The van der Waals surface area contributed by atoms with Crippen LogP contribution in [0.2, 0.25) is 10.0 Å². The highest BCUT2D eigenvalue weighted by Gasteiger charge is 2.41. The molecule has 0 bridgehead atoms. The highest BCUT2D eigenvalue weighted by Crippen LogP contribution is 2.48. The van der Waals surface area contributed by atoms with Crippen molar-refractivity contribution in [3.63, 3.8) is 0 Å². The summed E-state index contributed by atoms with van der Waals surface area (Å²) >= 11 is 12.4. The topological polar surface area (TPSA) is 41.6 Å². The van der Waals surface area contributed by atoms with Crippen molar-refractivity contribution in [2.75, 3.05) is 16.8 Å². The van der Waals surface area contributed by atoms with Gasteiger partial charge in [-0.2, -0.15) is 0 Å². The van der Waals surface area contributed by atoms with Crippen molar-refractivity contribution in [3.05, 3.63) is 142 Å². The van der Waals surface area contributed by atoms with Gasteiger partial charge in [-0.15, -0.1) is 0 Å². The molecule has 6 heteroatoms. The number of anilines is 2. The summed E-state index contributed by atoms with van der Waals surface area (Å²) in [6, 6.07) is 35.3. The molecule has 1 aliphatic rings. The summed E-state index contributed by atoms with van der Waals surface area (Å²) in [7, 11) is 0. The Hall–Kier alpha value is -3.73. The molecule has 2 atom stereocenters. The standard InChI is InChI=1S/C32H28Cl2N2O2/c1-2-38-32(37)30-28(35-26-17-13-24(33)14-18-26)21-29(22-9-5-3-6-10-22)36(27-19-15-25(34)16-20-27)31(30)23-11-7-4-8-12-23/h3-20,29,31,35H,2,21H2,1H3/t29-,31+/m1/s1. The van der Waals surface area contributed by atoms with Crippen LogP contribution in [-0.4, -0.2) is 12.6 Å². The Balaban J connectivity index is 1.76. The van der Waals surface area contributed by atoms with E-state index in [1.165, 1.54) is 0 Å². The Kier molecular flexibility index (Phi) is 8.02. The average molecular weight is 543 g/mol. The van der Waals surface area contributed by atoms with Crippen LogP contribution in [-0.2, 0) is 9.53 Å². The Bertz CT molecular complexity index is 1410. The number of esters is 1. The lowest BCUT2D eigenvalue weighted by molar-refractivity contribution is -0.139. The third kappa shape index (κ3) is 5.57. The first kappa shape index (κ1) is 25.9. The molecule has 0 amide bonds. The first-order chi connectivity index (χ1) is 18.5. The molecule has 0 aromatic heterocycles. The highest BCUT2D eigenvalue weighted by molar-refractivity contribution is 6.30. The zero-order chi connectivity index (χ0) is 26.5. The lowest BCUT2D eigenvalue weighted by Crippen LogP contribution is -2.41. The number of carbonyl (C=O) groups is 1. The van der Waals surface area contributed by atoms with Crippen LogP contribution >= 0.6 is 23.2 Å². The van der Waals surface area contributed by atoms with Crippen LogP contribution in [0.15, 0.2) is 120 Å². The van der Waals surface area contributed by atoms with E-state index in [1.54, 1.807) is 0 Å². The summed E-state index contributed by atoms with van der Waals surface area (Å²) in [4.78, 5) is 16.0. The van der Waals surface area contributed by atoms with Crippen molar-refractivity contribution in [2.24, 2.45) is 0 Å². The molecule has 0 fully saturated rings. The van der Waals surface area contributed by atoms with Gasteiger partial charge in [0.1, 0.15) is 0 Å². The molecule has 0 saturated carbocycles. The van der Waals surface area contributed by atoms with Gasteiger partial charge in [-0.1, -0.05) is 83.9 Å². The van der Waals surface area contributed by atoms with Crippen molar-refractivity contribution >= 4 is 40.5 Å². The van der Waals surface area contributed by atoms with Crippen LogP contribution in [0.25, 0.3) is 0 Å². The fourth-order valence-corrected chi connectivity index (χ4v) is 5.27. The molecule has 0 saturated heterocycles. The molecule has 0 radical (unpaired) electrons. The third-order valence-corrected chi connectivity index (χ3v) is 7.17. The molecule has 38 heavy (non-hydrogen) atoms. The first-order valence-electron chi connectivity index (χ1n) is 12.6. The maximum absolute atomic E-state index is 13.7. The first-order valence-corrected chi connectivity index (χ1v) is 13.4. The smallest absolute Gasteiger partial charge is 0.338 e. The Morgan fingerprint density at radius 3 is 1.95 bits per heavy atom. The monoisotopic (exact) mass is 542 g/mol. The maximum Gasteiger partial charge on any atom is 0.338 e. The number of ether oxygens (including phenoxy) is 1. The molecule has 1 N–H and O–H groups in total. The Labute approximate surface area is 233 Å². The average Bonchev–Trinajstić information content (AvgIpc) is 2.95. The predicted octanol–water partition coefficient (Wildman–Crippen LogP) is 8.62. The predicted molar refractivity (Wildman–Crippen MR) is 156 cm³/mol. The fraction of sp³-hybridized carbons (Fsp3) is 0.156. The van der Waals surface area contributed by atoms with E-state index < -0.39 is 6.04 Å². The second kappa shape index (κ2) is 11.8. The van der Waals surface area contributed by atoms with Crippen LogP contribution in [0.3, 0.4) is 0 Å². The molecule has 4 nitrogen and oxygen atoms in total. The molecule has 192 valence electrons. The van der Waals surface area contributed by atoms with Crippen LogP contribution in [0.1, 0.15) is 36.6 Å². The number of rotatable bonds is 7. The molecule has 0 aliphatic carbocycles. The van der Waals surface area contributed by atoms with E-state index in [4.69, 9.17) is 27.9 Å². The van der Waals surface area contributed by atoms with E-state index in [0.717, 1.165) is 28.2 Å². The fourth-order valence-electron chi connectivity index (χ4n) is 5.01. The van der Waals surface area contributed by atoms with Crippen molar-refractivity contribution in [3.8, 4) is 0 Å². The number of hydrogen-bond donors (Lipinski definition) is 1. The summed E-state index contributed by atoms with van der Waals surface area (Å²) in [5.74, 6) is -0.344. The number of nitrogens with zero attached hydrogens (tertiary/aromatic N) is 1. The van der Waals surface area contributed by atoms with E-state index in [0.29, 0.717) is 22.0 Å². The normalized spacial score (nSPS) is 17.3. The quantitative estimate of drug-likeness (QED) is 0.237. The van der Waals surface area contributed by atoms with Gasteiger partial charge in [0.15, 0.2) is 0 Å². The number of hydrogen-bond acceptors (Lipinski definition) is 4. The zero-order valence-electron chi connectivity index (χ0n) is 21.0. The van der Waals surface area contributed by atoms with Crippen molar-refractivity contribution in [2.45, 2.75) is 25.4 Å². The number of nitrogens with one attached hydrogen (secondary N) is 1. The van der Waals surface area contributed by atoms with Gasteiger partial charge < -0.3 is 15.0 Å². The molecule has 1 aliphatic heterocycles. The lowest BCUT2D eigenvalue weighted by Gasteiger charge is -2.46. The number of benzene rings is 4. The van der Waals surface area contributed by atoms with Gasteiger partial charge >= 0.3 is 5.97 Å². The Morgan fingerprint density at radius 1 is 0.816 bits per heavy atom. The summed E-state index contributed by atoms with van der Waals surface area (Å²) in [6.07, 6.45) is 0.562. The molecule has 5 rings (SSSR count). The van der Waals surface area contributed by atoms with Crippen LogP contribution in [0.5, 0.6) is 0 Å². The van der Waals surface area contributed by atoms with Crippen molar-refractivity contribution in [1.29, 1.82) is 0 Å². The van der Waals surface area contributed by atoms with Gasteiger partial charge in [0.05, 0.1) is 24.3 Å². The minimum atomic E-state index is -0.412. The van der Waals surface area contributed by atoms with E-state index in [-0.39, 0.29) is 18.6 Å². The van der Waals surface area contributed by atoms with E-state index in [9.17, 15) is 4.79 Å². The summed E-state index contributed by atoms with van der Waals surface area (Å²) in [5.41, 5.74) is 5.34. The number of carbonyl (C=O) groups excluding carboxylic acids is 1. The minimum Gasteiger partial charge on any atom is -0.463 e. The lowest BCUT2D eigenvalue weighted by atomic mass is 9.84. The van der Waals surface area contributed by atoms with E-state index in [1.807, 2.05) is 91.9 Å². The van der Waals surface area contributed by atoms with Crippen LogP contribution < -0.4 is 10.2 Å². The third-order valence-electron chi connectivity index (χ3n) is 6.67. The molecule has 0 spiro atoms. The second-order valence-electron chi connectivity index (χ2n) is 9.07. The summed E-state index contributed by atoms with van der Waals surface area (Å²) in [6.45, 7) is 2.11. The van der Waals surface area contributed by atoms with Gasteiger partial charge in [0.25, 0.3) is 0 Å². The van der Waals surface area contributed by atoms with E-state index >= 15 is 0 Å². The largest absolute Gasteiger partial charge is 0.463 e. The van der Waals surface area contributed by atoms with Crippen molar-refractivity contribution in [1.82, 2.24) is 0 Å². The van der Waals surface area contributed by atoms with Crippen LogP contribution in [0, 0.1) is 0 Å². The van der Waals surface area contributed by atoms with E-state index in [2.05, 4.69) is 34.5 Å². The SMILES string of the molecule is CCOC(=O)C1=C(Nc2ccc(Cl)cc2)C[C@H](c2ccccc2)N(c2ccc(Cl)cc2)[C@H]1c1ccccc1. The minimum absolute atomic E-state index is 0.0736. The zero-order valence-corrected chi connectivity index (χ0v) is 22.5. The molecule has 0 unspecified atom stereocenters. The summed E-state index contributed by atoms with van der Waals surface area (Å²) in [5, 5.41) is 4.86. The van der Waals surface area contributed by atoms with Crippen molar-refractivity contribution < 1.29 is 9.53 Å². The number of halogens is 2. The highest BCUT2D eigenvalue weighted by atomic mass is 35.5. The van der Waals surface area contributed by atoms with Gasteiger partial charge in [-0.25, -0.2) is 4.79 Å². The maximum atomic E-state index is 13.7. The van der Waals surface area contributed by atoms with Gasteiger partial charge in [-0.05, 0) is 66.6 Å². The van der Waals surface area contributed by atoms with Gasteiger partial charge in [-0.3, -0.25) is 0 Å². The molecule has 4 aromatic carbocycles. The Morgan fingerprint density at radius 2 is 1.37 bits per heavy atom. The molecule has 1 heterocycles. The van der Waals surface area contributed by atoms with Gasteiger partial charge in [0, 0.05) is 33.5 Å².